The number of nitrogens with zero attached hydrogens (tertiary/aromatic N) is 2. The summed E-state index contributed by atoms with van der Waals surface area (Å²) in [6, 6.07) is 0. The Hall–Kier alpha value is -0.510. The number of hydrogen-bond donors (Lipinski definition) is 0. The second kappa shape index (κ2) is 3.70. The van der Waals surface area contributed by atoms with Gasteiger partial charge in [-0.2, -0.15) is 16.9 Å². The molecular weight excluding hydrogens is 184 g/mol. The SMILES string of the molecule is CCCCN1N=C2CSCC2C1=O. The van der Waals surface area contributed by atoms with Crippen LogP contribution in [0.2, 0.25) is 0 Å². The molecule has 2 aliphatic rings. The number of rotatable bonds is 3. The molecule has 2 heterocycles. The molecule has 0 aromatic rings. The summed E-state index contributed by atoms with van der Waals surface area (Å²) in [5.74, 6) is 2.26. The van der Waals surface area contributed by atoms with Crippen LogP contribution >= 0.6 is 11.8 Å². The van der Waals surface area contributed by atoms with Gasteiger partial charge in [0.15, 0.2) is 0 Å². The first kappa shape index (κ1) is 9.06. The maximum atomic E-state index is 11.7. The summed E-state index contributed by atoms with van der Waals surface area (Å²) in [5.41, 5.74) is 1.10. The van der Waals surface area contributed by atoms with Gasteiger partial charge in [-0.25, -0.2) is 5.01 Å². The Morgan fingerprint density at radius 1 is 1.69 bits per heavy atom. The van der Waals surface area contributed by atoms with E-state index in [1.54, 1.807) is 5.01 Å². The molecule has 0 aromatic carbocycles. The molecule has 0 N–H and O–H groups in total. The van der Waals surface area contributed by atoms with Crippen molar-refractivity contribution in [2.24, 2.45) is 11.0 Å². The molecule has 0 aliphatic carbocycles. The van der Waals surface area contributed by atoms with Crippen molar-refractivity contribution < 1.29 is 4.79 Å². The van der Waals surface area contributed by atoms with Gasteiger partial charge < -0.3 is 0 Å². The smallest absolute Gasteiger partial charge is 0.252 e. The lowest BCUT2D eigenvalue weighted by Gasteiger charge is -2.12. The molecular formula is C9H14N2OS. The fraction of sp³-hybridized carbons (Fsp3) is 0.778. The third-order valence-corrected chi connectivity index (χ3v) is 3.53. The lowest BCUT2D eigenvalue weighted by molar-refractivity contribution is -0.131. The number of carbonyl (C=O) groups is 1. The van der Waals surface area contributed by atoms with Gasteiger partial charge in [0.2, 0.25) is 0 Å². The van der Waals surface area contributed by atoms with Crippen molar-refractivity contribution in [1.82, 2.24) is 5.01 Å². The second-order valence-electron chi connectivity index (χ2n) is 3.47. The first-order valence-electron chi connectivity index (χ1n) is 4.79. The predicted octanol–water partition coefficient (Wildman–Crippen LogP) is 1.35. The second-order valence-corrected chi connectivity index (χ2v) is 4.50. The van der Waals surface area contributed by atoms with Gasteiger partial charge >= 0.3 is 0 Å². The molecule has 0 spiro atoms. The number of hydrazone groups is 1. The van der Waals surface area contributed by atoms with Crippen molar-refractivity contribution in [3.8, 4) is 0 Å². The largest absolute Gasteiger partial charge is 0.272 e. The Bertz CT molecular complexity index is 252. The van der Waals surface area contributed by atoms with Crippen LogP contribution in [0.1, 0.15) is 19.8 Å². The van der Waals surface area contributed by atoms with Gasteiger partial charge in [-0.3, -0.25) is 4.79 Å². The van der Waals surface area contributed by atoms with Crippen LogP contribution in [-0.2, 0) is 4.79 Å². The number of amides is 1. The number of thioether (sulfide) groups is 1. The molecule has 0 saturated carbocycles. The molecule has 1 amide bonds. The summed E-state index contributed by atoms with van der Waals surface area (Å²) in [7, 11) is 0. The zero-order valence-electron chi connectivity index (χ0n) is 7.82. The van der Waals surface area contributed by atoms with Crippen molar-refractivity contribution >= 4 is 23.4 Å². The minimum absolute atomic E-state index is 0.127. The predicted molar refractivity (Wildman–Crippen MR) is 54.9 cm³/mol. The normalized spacial score (nSPS) is 26.5. The number of hydrogen-bond acceptors (Lipinski definition) is 3. The monoisotopic (exact) mass is 198 g/mol. The molecule has 0 bridgehead atoms. The van der Waals surface area contributed by atoms with Gasteiger partial charge in [0.25, 0.3) is 5.91 Å². The van der Waals surface area contributed by atoms with Crippen LogP contribution in [0.4, 0.5) is 0 Å². The average Bonchev–Trinajstić information content (AvgIpc) is 2.67. The van der Waals surface area contributed by atoms with Crippen molar-refractivity contribution in [3.63, 3.8) is 0 Å². The molecule has 1 saturated heterocycles. The van der Waals surface area contributed by atoms with Crippen LogP contribution in [-0.4, -0.2) is 34.7 Å². The molecule has 72 valence electrons. The van der Waals surface area contributed by atoms with Crippen LogP contribution < -0.4 is 0 Å². The van der Waals surface area contributed by atoms with Crippen molar-refractivity contribution in [2.75, 3.05) is 18.1 Å². The minimum Gasteiger partial charge on any atom is -0.272 e. The van der Waals surface area contributed by atoms with E-state index in [1.807, 2.05) is 11.8 Å². The van der Waals surface area contributed by atoms with E-state index in [0.717, 1.165) is 36.6 Å². The van der Waals surface area contributed by atoms with Gasteiger partial charge in [-0.1, -0.05) is 13.3 Å². The summed E-state index contributed by atoms with van der Waals surface area (Å²) >= 11 is 1.82. The van der Waals surface area contributed by atoms with Crippen LogP contribution in [0.5, 0.6) is 0 Å². The molecule has 1 unspecified atom stereocenters. The Labute approximate surface area is 82.6 Å². The maximum Gasteiger partial charge on any atom is 0.252 e. The zero-order valence-corrected chi connectivity index (χ0v) is 8.64. The Morgan fingerprint density at radius 3 is 3.23 bits per heavy atom. The van der Waals surface area contributed by atoms with Gasteiger partial charge in [0.1, 0.15) is 0 Å². The summed E-state index contributed by atoms with van der Waals surface area (Å²) in [5, 5.41) is 6.02. The summed E-state index contributed by atoms with van der Waals surface area (Å²) in [6.45, 7) is 2.93. The van der Waals surface area contributed by atoms with Crippen molar-refractivity contribution in [1.29, 1.82) is 0 Å². The average molecular weight is 198 g/mol. The van der Waals surface area contributed by atoms with E-state index in [4.69, 9.17) is 0 Å². The van der Waals surface area contributed by atoms with Crippen LogP contribution in [0, 0.1) is 5.92 Å². The van der Waals surface area contributed by atoms with Crippen molar-refractivity contribution in [3.05, 3.63) is 0 Å². The molecule has 2 aliphatic heterocycles. The standard InChI is InChI=1S/C9H14N2OS/c1-2-3-4-11-9(12)7-5-13-6-8(7)10-11/h7H,2-6H2,1H3. The Balaban J connectivity index is 2.00. The Morgan fingerprint density at radius 2 is 2.54 bits per heavy atom. The van der Waals surface area contributed by atoms with E-state index in [1.165, 1.54) is 0 Å². The number of carbonyl (C=O) groups excluding carboxylic acids is 1. The first-order valence-corrected chi connectivity index (χ1v) is 5.95. The highest BCUT2D eigenvalue weighted by Gasteiger charge is 2.38. The fourth-order valence-corrected chi connectivity index (χ4v) is 2.80. The fourth-order valence-electron chi connectivity index (χ4n) is 1.64. The highest BCUT2D eigenvalue weighted by atomic mass is 32.2. The molecule has 3 nitrogen and oxygen atoms in total. The van der Waals surface area contributed by atoms with Gasteiger partial charge in [-0.15, -0.1) is 0 Å². The molecule has 13 heavy (non-hydrogen) atoms. The minimum atomic E-state index is 0.127. The zero-order chi connectivity index (χ0) is 9.26. The quantitative estimate of drug-likeness (QED) is 0.685. The molecule has 2 rings (SSSR count). The molecule has 0 radical (unpaired) electrons. The molecule has 4 heteroatoms. The van der Waals surface area contributed by atoms with Gasteiger partial charge in [0.05, 0.1) is 11.6 Å². The lowest BCUT2D eigenvalue weighted by atomic mass is 10.1. The summed E-state index contributed by atoms with van der Waals surface area (Å²) < 4.78 is 0. The van der Waals surface area contributed by atoms with E-state index in [0.29, 0.717) is 0 Å². The summed E-state index contributed by atoms with van der Waals surface area (Å²) in [4.78, 5) is 11.7. The van der Waals surface area contributed by atoms with Crippen LogP contribution in [0.25, 0.3) is 0 Å². The van der Waals surface area contributed by atoms with Gasteiger partial charge in [-0.05, 0) is 6.42 Å². The summed E-state index contributed by atoms with van der Waals surface area (Å²) in [6.07, 6.45) is 2.18. The number of unbranched alkanes of at least 4 members (excludes halogenated alkanes) is 1. The van der Waals surface area contributed by atoms with E-state index in [2.05, 4.69) is 12.0 Å². The highest BCUT2D eigenvalue weighted by Crippen LogP contribution is 2.28. The van der Waals surface area contributed by atoms with Gasteiger partial charge in [0, 0.05) is 18.1 Å². The van der Waals surface area contributed by atoms with Crippen molar-refractivity contribution in [2.45, 2.75) is 19.8 Å². The third-order valence-electron chi connectivity index (χ3n) is 2.46. The van der Waals surface area contributed by atoms with E-state index in [9.17, 15) is 4.79 Å². The maximum absolute atomic E-state index is 11.7. The highest BCUT2D eigenvalue weighted by molar-refractivity contribution is 8.00. The lowest BCUT2D eigenvalue weighted by Crippen LogP contribution is -2.28. The molecule has 0 aromatic heterocycles. The number of fused-ring (bicyclic) bond motifs is 1. The van der Waals surface area contributed by atoms with Crippen LogP contribution in [0.3, 0.4) is 0 Å². The molecule has 1 fully saturated rings. The van der Waals surface area contributed by atoms with E-state index in [-0.39, 0.29) is 11.8 Å². The van der Waals surface area contributed by atoms with E-state index < -0.39 is 0 Å². The Kier molecular flexibility index (Phi) is 2.58. The first-order chi connectivity index (χ1) is 6.33. The third kappa shape index (κ3) is 1.59. The van der Waals surface area contributed by atoms with Crippen LogP contribution in [0.15, 0.2) is 5.10 Å². The molecule has 1 atom stereocenters. The van der Waals surface area contributed by atoms with E-state index >= 15 is 0 Å². The topological polar surface area (TPSA) is 32.7 Å².